The van der Waals surface area contributed by atoms with Gasteiger partial charge in [0.1, 0.15) is 17.8 Å². The van der Waals surface area contributed by atoms with E-state index >= 15 is 0 Å². The molecule has 32 heavy (non-hydrogen) atoms. The number of hydrogen-bond acceptors (Lipinski definition) is 7. The van der Waals surface area contributed by atoms with Gasteiger partial charge in [-0.1, -0.05) is 39.0 Å². The Morgan fingerprint density at radius 3 is 2.50 bits per heavy atom. The predicted molar refractivity (Wildman–Crippen MR) is 119 cm³/mol. The molecular weight excluding hydrogens is 408 g/mol. The third-order valence-corrected chi connectivity index (χ3v) is 4.79. The maximum Gasteiger partial charge on any atom is 0.343 e. The molecule has 2 aromatic heterocycles. The van der Waals surface area contributed by atoms with Crippen molar-refractivity contribution in [1.29, 1.82) is 0 Å². The molecule has 0 atom stereocenters. The number of ether oxygens (including phenoxy) is 1. The summed E-state index contributed by atoms with van der Waals surface area (Å²) in [5.41, 5.74) is 1.58. The number of esters is 1. The monoisotopic (exact) mass is 430 g/mol. The molecule has 9 heteroatoms. The van der Waals surface area contributed by atoms with Gasteiger partial charge in [-0.05, 0) is 48.4 Å². The lowest BCUT2D eigenvalue weighted by molar-refractivity contribution is 0.0734. The highest BCUT2D eigenvalue weighted by Crippen LogP contribution is 2.17. The SMILES string of the molecule is Cc1ccccc1C(=O)Oc1ccc(/C=N/n2c(=O)c(C(C)(C)C)nn3cnnc23)cc1. The molecule has 0 unspecified atom stereocenters. The molecule has 0 N–H and O–H groups in total. The first-order valence-electron chi connectivity index (χ1n) is 10.00. The van der Waals surface area contributed by atoms with Crippen LogP contribution in [0.15, 0.2) is 64.8 Å². The molecule has 9 nitrogen and oxygen atoms in total. The van der Waals surface area contributed by atoms with Crippen LogP contribution in [0.4, 0.5) is 0 Å². The van der Waals surface area contributed by atoms with Gasteiger partial charge in [0.2, 0.25) is 0 Å². The van der Waals surface area contributed by atoms with E-state index in [0.717, 1.165) is 5.56 Å². The number of nitrogens with zero attached hydrogens (tertiary/aromatic N) is 6. The van der Waals surface area contributed by atoms with Gasteiger partial charge in [0.05, 0.1) is 11.8 Å². The largest absolute Gasteiger partial charge is 0.423 e. The van der Waals surface area contributed by atoms with Gasteiger partial charge in [0, 0.05) is 5.41 Å². The summed E-state index contributed by atoms with van der Waals surface area (Å²) < 4.78 is 8.05. The van der Waals surface area contributed by atoms with Crippen molar-refractivity contribution in [3.8, 4) is 5.75 Å². The fourth-order valence-electron chi connectivity index (χ4n) is 3.06. The van der Waals surface area contributed by atoms with Crippen molar-refractivity contribution < 1.29 is 9.53 Å². The second-order valence-corrected chi connectivity index (χ2v) is 8.31. The molecular formula is C23H22N6O3. The van der Waals surface area contributed by atoms with Crippen LogP contribution in [0.25, 0.3) is 5.78 Å². The number of hydrogen-bond donors (Lipinski definition) is 0. The van der Waals surface area contributed by atoms with Crippen LogP contribution >= 0.6 is 0 Å². The molecule has 0 aliphatic rings. The number of carbonyl (C=O) groups excluding carboxylic acids is 1. The van der Waals surface area contributed by atoms with E-state index in [9.17, 15) is 9.59 Å². The molecule has 0 bridgehead atoms. The summed E-state index contributed by atoms with van der Waals surface area (Å²) in [7, 11) is 0. The average molecular weight is 430 g/mol. The maximum absolute atomic E-state index is 12.9. The number of fused-ring (bicyclic) bond motifs is 1. The number of benzene rings is 2. The molecule has 0 radical (unpaired) electrons. The Hall–Kier alpha value is -4.14. The lowest BCUT2D eigenvalue weighted by Gasteiger charge is -2.16. The molecule has 4 aromatic rings. The predicted octanol–water partition coefficient (Wildman–Crippen LogP) is 2.99. The van der Waals surface area contributed by atoms with Gasteiger partial charge in [-0.25, -0.2) is 4.79 Å². The van der Waals surface area contributed by atoms with E-state index < -0.39 is 11.4 Å². The summed E-state index contributed by atoms with van der Waals surface area (Å²) in [6.07, 6.45) is 2.95. The van der Waals surface area contributed by atoms with Gasteiger partial charge in [-0.2, -0.15) is 19.4 Å². The zero-order chi connectivity index (χ0) is 22.9. The van der Waals surface area contributed by atoms with Crippen molar-refractivity contribution >= 4 is 18.0 Å². The molecule has 0 fully saturated rings. The second kappa shape index (κ2) is 8.18. The quantitative estimate of drug-likeness (QED) is 0.280. The minimum Gasteiger partial charge on any atom is -0.423 e. The smallest absolute Gasteiger partial charge is 0.343 e. The maximum atomic E-state index is 12.9. The van der Waals surface area contributed by atoms with Crippen LogP contribution in [-0.2, 0) is 5.41 Å². The van der Waals surface area contributed by atoms with Crippen LogP contribution in [0.3, 0.4) is 0 Å². The highest BCUT2D eigenvalue weighted by atomic mass is 16.5. The molecule has 162 valence electrons. The van der Waals surface area contributed by atoms with Crippen LogP contribution in [0.2, 0.25) is 0 Å². The standard InChI is InChI=1S/C23H22N6O3/c1-15-7-5-6-8-18(15)21(31)32-17-11-9-16(10-12-17)13-25-29-20(30)19(23(2,3)4)27-28-14-24-26-22(28)29/h5-14H,1-4H3/b25-13+. The number of aromatic nitrogens is 5. The van der Waals surface area contributed by atoms with Gasteiger partial charge in [0.15, 0.2) is 0 Å². The molecule has 0 saturated carbocycles. The second-order valence-electron chi connectivity index (χ2n) is 8.31. The van der Waals surface area contributed by atoms with E-state index in [0.29, 0.717) is 22.6 Å². The van der Waals surface area contributed by atoms with E-state index in [2.05, 4.69) is 20.4 Å². The number of carbonyl (C=O) groups is 1. The van der Waals surface area contributed by atoms with Crippen LogP contribution in [0.5, 0.6) is 5.75 Å². The third kappa shape index (κ3) is 4.18. The van der Waals surface area contributed by atoms with Gasteiger partial charge >= 0.3 is 5.97 Å². The fraction of sp³-hybridized carbons (Fsp3) is 0.217. The van der Waals surface area contributed by atoms with E-state index in [-0.39, 0.29) is 11.3 Å². The number of rotatable bonds is 4. The first-order valence-corrected chi connectivity index (χ1v) is 10.00. The van der Waals surface area contributed by atoms with Crippen molar-refractivity contribution in [3.63, 3.8) is 0 Å². The fourth-order valence-corrected chi connectivity index (χ4v) is 3.06. The Kier molecular flexibility index (Phi) is 5.40. The normalized spacial score (nSPS) is 11.9. The van der Waals surface area contributed by atoms with Gasteiger partial charge in [-0.3, -0.25) is 4.79 Å². The molecule has 4 rings (SSSR count). The Bertz CT molecular complexity index is 1380. The van der Waals surface area contributed by atoms with Crippen LogP contribution in [0.1, 0.15) is 48.0 Å². The Morgan fingerprint density at radius 1 is 1.09 bits per heavy atom. The van der Waals surface area contributed by atoms with E-state index in [4.69, 9.17) is 4.74 Å². The Morgan fingerprint density at radius 2 is 1.81 bits per heavy atom. The highest BCUT2D eigenvalue weighted by Gasteiger charge is 2.23. The molecule has 2 heterocycles. The summed E-state index contributed by atoms with van der Waals surface area (Å²) >= 11 is 0. The van der Waals surface area contributed by atoms with Crippen LogP contribution < -0.4 is 10.3 Å². The van der Waals surface area contributed by atoms with E-state index in [1.165, 1.54) is 21.7 Å². The van der Waals surface area contributed by atoms with Crippen LogP contribution in [-0.4, -0.2) is 36.7 Å². The first-order chi connectivity index (χ1) is 15.2. The van der Waals surface area contributed by atoms with Gasteiger partial charge < -0.3 is 4.74 Å². The van der Waals surface area contributed by atoms with Gasteiger partial charge in [-0.15, -0.1) is 10.2 Å². The topological polar surface area (TPSA) is 104 Å². The van der Waals surface area contributed by atoms with Crippen molar-refractivity contribution in [2.75, 3.05) is 0 Å². The van der Waals surface area contributed by atoms with Crippen molar-refractivity contribution in [2.45, 2.75) is 33.1 Å². The lowest BCUT2D eigenvalue weighted by Crippen LogP contribution is -2.33. The molecule has 0 amide bonds. The molecule has 0 spiro atoms. The summed E-state index contributed by atoms with van der Waals surface area (Å²) in [4.78, 5) is 25.3. The minimum atomic E-state index is -0.477. The summed E-state index contributed by atoms with van der Waals surface area (Å²) in [5.74, 6) is 0.200. The van der Waals surface area contributed by atoms with Gasteiger partial charge in [0.25, 0.3) is 11.3 Å². The van der Waals surface area contributed by atoms with Crippen molar-refractivity contribution in [1.82, 2.24) is 24.5 Å². The zero-order valence-corrected chi connectivity index (χ0v) is 18.2. The molecule has 0 aliphatic heterocycles. The van der Waals surface area contributed by atoms with E-state index in [1.54, 1.807) is 36.4 Å². The number of aryl methyl sites for hydroxylation is 1. The van der Waals surface area contributed by atoms with Crippen molar-refractivity contribution in [3.05, 3.63) is 87.6 Å². The Labute approximate surface area is 184 Å². The summed E-state index contributed by atoms with van der Waals surface area (Å²) in [5, 5.41) is 16.4. The summed E-state index contributed by atoms with van der Waals surface area (Å²) in [6.45, 7) is 7.56. The van der Waals surface area contributed by atoms with Crippen molar-refractivity contribution in [2.24, 2.45) is 5.10 Å². The molecule has 0 aliphatic carbocycles. The highest BCUT2D eigenvalue weighted by molar-refractivity contribution is 5.92. The molecule has 0 saturated heterocycles. The van der Waals surface area contributed by atoms with Crippen LogP contribution in [0, 0.1) is 6.92 Å². The van der Waals surface area contributed by atoms with E-state index in [1.807, 2.05) is 39.8 Å². The average Bonchev–Trinajstić information content (AvgIpc) is 3.22. The molecule has 2 aromatic carbocycles. The zero-order valence-electron chi connectivity index (χ0n) is 18.2. The minimum absolute atomic E-state index is 0.211. The Balaban J connectivity index is 1.59. The summed E-state index contributed by atoms with van der Waals surface area (Å²) in [6, 6.07) is 14.1. The third-order valence-electron chi connectivity index (χ3n) is 4.79. The lowest BCUT2D eigenvalue weighted by atomic mass is 9.93. The first kappa shape index (κ1) is 21.1.